The van der Waals surface area contributed by atoms with Gasteiger partial charge in [-0.3, -0.25) is 9.10 Å². The Bertz CT molecular complexity index is 1440. The molecule has 3 aromatic rings. The number of nitrogens with one attached hydrogen (secondary N) is 1. The van der Waals surface area contributed by atoms with E-state index in [-0.39, 0.29) is 22.9 Å². The van der Waals surface area contributed by atoms with E-state index in [0.717, 1.165) is 17.1 Å². The summed E-state index contributed by atoms with van der Waals surface area (Å²) < 4.78 is 60.0. The Balaban J connectivity index is 1.34. The number of carbonyl (C=O) groups excluding carboxylic acids is 1. The fourth-order valence-corrected chi connectivity index (χ4v) is 7.06. The second kappa shape index (κ2) is 12.2. The largest absolute Gasteiger partial charge is 0.492 e. The van der Waals surface area contributed by atoms with E-state index in [4.69, 9.17) is 16.3 Å². The van der Waals surface area contributed by atoms with Gasteiger partial charge in [0.2, 0.25) is 15.9 Å². The molecule has 1 amide bonds. The number of rotatable bonds is 11. The Kier molecular flexibility index (Phi) is 8.93. The summed E-state index contributed by atoms with van der Waals surface area (Å²) in [6.07, 6.45) is 1.73. The van der Waals surface area contributed by atoms with Crippen LogP contribution in [0, 0.1) is 0 Å². The molecule has 9 nitrogen and oxygen atoms in total. The summed E-state index contributed by atoms with van der Waals surface area (Å²) in [4.78, 5) is 13.0. The van der Waals surface area contributed by atoms with Crippen molar-refractivity contribution >= 4 is 43.2 Å². The van der Waals surface area contributed by atoms with E-state index >= 15 is 0 Å². The molecule has 0 atom stereocenters. The van der Waals surface area contributed by atoms with Crippen LogP contribution in [0.25, 0.3) is 0 Å². The van der Waals surface area contributed by atoms with Gasteiger partial charge < -0.3 is 10.1 Å². The summed E-state index contributed by atoms with van der Waals surface area (Å²) in [7, 11) is -7.51. The first-order valence-electron chi connectivity index (χ1n) is 12.0. The van der Waals surface area contributed by atoms with Crippen molar-refractivity contribution in [1.29, 1.82) is 0 Å². The highest BCUT2D eigenvalue weighted by molar-refractivity contribution is 7.92. The van der Waals surface area contributed by atoms with Gasteiger partial charge in [-0.1, -0.05) is 29.8 Å². The molecule has 0 aliphatic carbocycles. The number of hydrogen-bond acceptors (Lipinski definition) is 6. The number of benzene rings is 3. The molecule has 0 bridgehead atoms. The van der Waals surface area contributed by atoms with Crippen molar-refractivity contribution in [2.75, 3.05) is 37.1 Å². The Morgan fingerprint density at radius 1 is 0.868 bits per heavy atom. The molecular formula is C26H28ClN3O6S2. The summed E-state index contributed by atoms with van der Waals surface area (Å²) in [5.41, 5.74) is 0.300. The van der Waals surface area contributed by atoms with Crippen LogP contribution in [-0.4, -0.2) is 59.8 Å². The van der Waals surface area contributed by atoms with Crippen molar-refractivity contribution in [1.82, 2.24) is 9.62 Å². The van der Waals surface area contributed by atoms with Gasteiger partial charge in [-0.25, -0.2) is 16.8 Å². The fourth-order valence-electron chi connectivity index (χ4n) is 3.97. The van der Waals surface area contributed by atoms with E-state index < -0.39 is 32.5 Å². The molecule has 1 N–H and O–H groups in total. The first-order chi connectivity index (χ1) is 18.2. The molecule has 4 rings (SSSR count). The van der Waals surface area contributed by atoms with Crippen LogP contribution in [0.1, 0.15) is 12.8 Å². The summed E-state index contributed by atoms with van der Waals surface area (Å²) in [6, 6.07) is 20.2. The highest BCUT2D eigenvalue weighted by Gasteiger charge is 2.28. The molecule has 0 aromatic heterocycles. The fraction of sp³-hybridized carbons (Fsp3) is 0.269. The van der Waals surface area contributed by atoms with Crippen molar-refractivity contribution in [3.05, 3.63) is 83.9 Å². The molecule has 1 aliphatic rings. The van der Waals surface area contributed by atoms with E-state index in [1.54, 1.807) is 42.5 Å². The van der Waals surface area contributed by atoms with Gasteiger partial charge in [0.25, 0.3) is 10.0 Å². The second-order valence-corrected chi connectivity index (χ2v) is 12.8. The minimum Gasteiger partial charge on any atom is -0.492 e. The van der Waals surface area contributed by atoms with Crippen molar-refractivity contribution in [3.63, 3.8) is 0 Å². The predicted molar refractivity (Wildman–Crippen MR) is 145 cm³/mol. The normalized spacial score (nSPS) is 14.2. The summed E-state index contributed by atoms with van der Waals surface area (Å²) in [5.74, 6) is -0.0656. The molecule has 0 radical (unpaired) electrons. The quantitative estimate of drug-likeness (QED) is 0.349. The summed E-state index contributed by atoms with van der Waals surface area (Å²) in [5, 5.41) is 3.10. The number of nitrogens with zero attached hydrogens (tertiary/aromatic N) is 2. The van der Waals surface area contributed by atoms with E-state index in [9.17, 15) is 21.6 Å². The highest BCUT2D eigenvalue weighted by Crippen LogP contribution is 2.25. The van der Waals surface area contributed by atoms with Crippen LogP contribution in [0.4, 0.5) is 5.69 Å². The maximum Gasteiger partial charge on any atom is 0.264 e. The zero-order chi connectivity index (χ0) is 27.2. The van der Waals surface area contributed by atoms with Crippen LogP contribution < -0.4 is 14.4 Å². The molecule has 1 saturated heterocycles. The van der Waals surface area contributed by atoms with Gasteiger partial charge in [0, 0.05) is 18.1 Å². The third-order valence-corrected chi connectivity index (χ3v) is 9.91. The number of hydrogen-bond donors (Lipinski definition) is 1. The van der Waals surface area contributed by atoms with Crippen molar-refractivity contribution in [2.24, 2.45) is 0 Å². The van der Waals surface area contributed by atoms with Crippen molar-refractivity contribution < 1.29 is 26.4 Å². The van der Waals surface area contributed by atoms with Crippen molar-refractivity contribution in [3.8, 4) is 5.75 Å². The molecule has 0 saturated carbocycles. The minimum absolute atomic E-state index is 0.0567. The molecule has 0 spiro atoms. The monoisotopic (exact) mass is 577 g/mol. The van der Waals surface area contributed by atoms with E-state index in [1.807, 2.05) is 0 Å². The van der Waals surface area contributed by atoms with E-state index in [1.165, 1.54) is 40.7 Å². The van der Waals surface area contributed by atoms with Gasteiger partial charge in [-0.2, -0.15) is 4.31 Å². The number of ether oxygens (including phenoxy) is 1. The van der Waals surface area contributed by atoms with Gasteiger partial charge in [0.05, 0.1) is 22.0 Å². The molecule has 1 aliphatic heterocycles. The standard InChI is InChI=1S/C26H28ClN3O6S2/c27-21-8-10-22(11-9-21)30(38(34,35)24-6-2-1-3-7-24)20-26(31)28-16-19-36-23-12-14-25(15-13-23)37(32,33)29-17-4-5-18-29/h1-3,6-15H,4-5,16-20H2,(H,28,31). The van der Waals surface area contributed by atoms with E-state index in [0.29, 0.717) is 29.5 Å². The topological polar surface area (TPSA) is 113 Å². The Hall–Kier alpha value is -3.12. The van der Waals surface area contributed by atoms with Crippen molar-refractivity contribution in [2.45, 2.75) is 22.6 Å². The summed E-state index contributed by atoms with van der Waals surface area (Å²) >= 11 is 5.96. The number of sulfonamides is 2. The Morgan fingerprint density at radius 3 is 2.13 bits per heavy atom. The van der Waals surface area contributed by atoms with Crippen LogP contribution in [0.5, 0.6) is 5.75 Å². The molecule has 1 fully saturated rings. The van der Waals surface area contributed by atoms with Crippen LogP contribution in [0.3, 0.4) is 0 Å². The lowest BCUT2D eigenvalue weighted by atomic mass is 10.3. The highest BCUT2D eigenvalue weighted by atomic mass is 35.5. The predicted octanol–water partition coefficient (Wildman–Crippen LogP) is 3.52. The molecule has 202 valence electrons. The first kappa shape index (κ1) is 27.9. The minimum atomic E-state index is -4.01. The SMILES string of the molecule is O=C(CN(c1ccc(Cl)cc1)S(=O)(=O)c1ccccc1)NCCOc1ccc(S(=O)(=O)N2CCCC2)cc1. The van der Waals surface area contributed by atoms with Gasteiger partial charge in [-0.05, 0) is 73.5 Å². The zero-order valence-electron chi connectivity index (χ0n) is 20.5. The molecule has 3 aromatic carbocycles. The molecular weight excluding hydrogens is 550 g/mol. The van der Waals surface area contributed by atoms with Gasteiger partial charge in [0.1, 0.15) is 18.9 Å². The van der Waals surface area contributed by atoms with Crippen LogP contribution in [0.15, 0.2) is 88.7 Å². The second-order valence-electron chi connectivity index (χ2n) is 8.58. The van der Waals surface area contributed by atoms with Gasteiger partial charge >= 0.3 is 0 Å². The lowest BCUT2D eigenvalue weighted by molar-refractivity contribution is -0.119. The lowest BCUT2D eigenvalue weighted by Gasteiger charge is -2.24. The lowest BCUT2D eigenvalue weighted by Crippen LogP contribution is -2.41. The van der Waals surface area contributed by atoms with E-state index in [2.05, 4.69) is 5.32 Å². The van der Waals surface area contributed by atoms with Crippen LogP contribution in [0.2, 0.25) is 5.02 Å². The average Bonchev–Trinajstić information content (AvgIpc) is 3.47. The molecule has 12 heteroatoms. The van der Waals surface area contributed by atoms with Gasteiger partial charge in [-0.15, -0.1) is 0 Å². The number of anilines is 1. The molecule has 38 heavy (non-hydrogen) atoms. The van der Waals surface area contributed by atoms with Crippen LogP contribution in [-0.2, 0) is 24.8 Å². The number of amides is 1. The number of halogens is 1. The van der Waals surface area contributed by atoms with Gasteiger partial charge in [0.15, 0.2) is 0 Å². The maximum absolute atomic E-state index is 13.3. The molecule has 1 heterocycles. The smallest absolute Gasteiger partial charge is 0.264 e. The number of carbonyl (C=O) groups is 1. The Morgan fingerprint density at radius 2 is 1.50 bits per heavy atom. The van der Waals surface area contributed by atoms with Crippen LogP contribution >= 0.6 is 11.6 Å². The first-order valence-corrected chi connectivity index (χ1v) is 15.3. The Labute approximate surface area is 228 Å². The third-order valence-electron chi connectivity index (χ3n) is 5.95. The zero-order valence-corrected chi connectivity index (χ0v) is 22.9. The maximum atomic E-state index is 13.3. The average molecular weight is 578 g/mol. The summed E-state index contributed by atoms with van der Waals surface area (Å²) in [6.45, 7) is 0.843. The molecule has 0 unspecified atom stereocenters. The third kappa shape index (κ3) is 6.65.